The summed E-state index contributed by atoms with van der Waals surface area (Å²) in [5.74, 6) is 0.490. The molecule has 38 heavy (non-hydrogen) atoms. The molecule has 1 aromatic heterocycles. The van der Waals surface area contributed by atoms with E-state index in [1.165, 1.54) is 23.9 Å². The Labute approximate surface area is 227 Å². The molecule has 0 saturated carbocycles. The summed E-state index contributed by atoms with van der Waals surface area (Å²) in [5.41, 5.74) is 3.30. The molecule has 9 nitrogen and oxygen atoms in total. The molecular formula is C27H22ClN5O4S. The van der Waals surface area contributed by atoms with Crippen molar-refractivity contribution in [3.05, 3.63) is 122 Å². The lowest BCUT2D eigenvalue weighted by Crippen LogP contribution is -2.29. The molecule has 0 fully saturated rings. The van der Waals surface area contributed by atoms with E-state index in [9.17, 15) is 14.9 Å². The number of nitrogens with one attached hydrogen (secondary N) is 1. The molecule has 2 heterocycles. The number of nitro groups is 1. The number of nitrogens with zero attached hydrogens (tertiary/aromatic N) is 4. The zero-order valence-electron chi connectivity index (χ0n) is 20.2. The Bertz CT molecular complexity index is 1520. The van der Waals surface area contributed by atoms with Crippen LogP contribution in [0.5, 0.6) is 0 Å². The molecule has 11 heteroatoms. The van der Waals surface area contributed by atoms with Crippen molar-refractivity contribution in [3.63, 3.8) is 0 Å². The molecule has 192 valence electrons. The first kappa shape index (κ1) is 25.5. The van der Waals surface area contributed by atoms with Crippen LogP contribution in [0.1, 0.15) is 29.7 Å². The Kier molecular flexibility index (Phi) is 7.43. The van der Waals surface area contributed by atoms with E-state index in [2.05, 4.69) is 15.4 Å². The summed E-state index contributed by atoms with van der Waals surface area (Å²) in [6.07, 6.45) is 0. The fourth-order valence-corrected chi connectivity index (χ4v) is 5.22. The van der Waals surface area contributed by atoms with Crippen LogP contribution in [0.25, 0.3) is 0 Å². The second-order valence-corrected chi connectivity index (χ2v) is 9.87. The van der Waals surface area contributed by atoms with Crippen molar-refractivity contribution in [1.29, 1.82) is 0 Å². The van der Waals surface area contributed by atoms with Crippen LogP contribution in [0, 0.1) is 10.1 Å². The Morgan fingerprint density at radius 2 is 1.82 bits per heavy atom. The molecule has 1 aliphatic heterocycles. The average Bonchev–Trinajstić information content (AvgIpc) is 3.33. The molecule has 0 spiro atoms. The number of carbonyl (C=O) groups excluding carboxylic acids is 1. The third-order valence-electron chi connectivity index (χ3n) is 6.00. The molecule has 1 aliphatic rings. The number of allylic oxidation sites excluding steroid dienone is 1. The van der Waals surface area contributed by atoms with Gasteiger partial charge in [-0.25, -0.2) is 9.48 Å². The first-order valence-electron chi connectivity index (χ1n) is 11.7. The summed E-state index contributed by atoms with van der Waals surface area (Å²) < 4.78 is 7.28. The van der Waals surface area contributed by atoms with Crippen LogP contribution < -0.4 is 5.32 Å². The van der Waals surface area contributed by atoms with Gasteiger partial charge in [0.15, 0.2) is 0 Å². The largest absolute Gasteiger partial charge is 0.457 e. The van der Waals surface area contributed by atoms with Crippen molar-refractivity contribution in [3.8, 4) is 0 Å². The predicted octanol–water partition coefficient (Wildman–Crippen LogP) is 6.16. The van der Waals surface area contributed by atoms with Crippen LogP contribution in [-0.2, 0) is 21.9 Å². The molecule has 1 N–H and O–H groups in total. The highest BCUT2D eigenvalue weighted by Gasteiger charge is 2.35. The number of ether oxygens (including phenoxy) is 1. The van der Waals surface area contributed by atoms with Gasteiger partial charge in [-0.05, 0) is 41.8 Å². The third kappa shape index (κ3) is 5.41. The number of nitro benzene ring substituents is 1. The van der Waals surface area contributed by atoms with Gasteiger partial charge in [-0.1, -0.05) is 71.9 Å². The Morgan fingerprint density at radius 1 is 1.11 bits per heavy atom. The fourth-order valence-electron chi connectivity index (χ4n) is 4.10. The summed E-state index contributed by atoms with van der Waals surface area (Å²) in [6.45, 7) is 1.87. The van der Waals surface area contributed by atoms with Gasteiger partial charge >= 0.3 is 5.97 Å². The second kappa shape index (κ2) is 11.1. The maximum atomic E-state index is 13.4. The smallest absolute Gasteiger partial charge is 0.338 e. The van der Waals surface area contributed by atoms with Crippen LogP contribution in [0.4, 0.5) is 11.6 Å². The number of thioether (sulfide) groups is 1. The highest BCUT2D eigenvalue weighted by Crippen LogP contribution is 2.38. The van der Waals surface area contributed by atoms with Gasteiger partial charge in [0.05, 0.1) is 10.5 Å². The predicted molar refractivity (Wildman–Crippen MR) is 145 cm³/mol. The van der Waals surface area contributed by atoms with Gasteiger partial charge in [0.2, 0.25) is 11.1 Å². The normalized spacial score (nSPS) is 14.5. The zero-order valence-corrected chi connectivity index (χ0v) is 21.8. The molecular weight excluding hydrogens is 526 g/mol. The lowest BCUT2D eigenvalue weighted by molar-refractivity contribution is -0.384. The lowest BCUT2D eigenvalue weighted by atomic mass is 9.95. The first-order valence-corrected chi connectivity index (χ1v) is 13.0. The number of non-ortho nitro benzene ring substituents is 1. The maximum absolute atomic E-state index is 13.4. The molecule has 0 aliphatic carbocycles. The van der Waals surface area contributed by atoms with E-state index >= 15 is 0 Å². The number of fused-ring (bicyclic) bond motifs is 1. The van der Waals surface area contributed by atoms with Gasteiger partial charge < -0.3 is 10.1 Å². The number of esters is 1. The van der Waals surface area contributed by atoms with E-state index in [1.807, 2.05) is 54.6 Å². The van der Waals surface area contributed by atoms with Crippen LogP contribution >= 0.6 is 23.4 Å². The molecule has 1 atom stereocenters. The van der Waals surface area contributed by atoms with E-state index in [0.717, 1.165) is 11.1 Å². The minimum Gasteiger partial charge on any atom is -0.457 e. The number of anilines is 1. The standard InChI is InChI=1S/C27H22ClN5O4S/c1-17-23(25(34)37-15-18-7-3-2-4-8-18)24(19-11-13-21(14-12-19)33(35)36)32-26(29-17)30-27(31-32)38-16-20-9-5-6-10-22(20)28/h2-14,24H,15-16H2,1H3,(H,29,30,31). The number of carbonyl (C=O) groups is 1. The summed E-state index contributed by atoms with van der Waals surface area (Å²) in [7, 11) is 0. The number of hydrogen-bond acceptors (Lipinski definition) is 8. The quantitative estimate of drug-likeness (QED) is 0.121. The van der Waals surface area contributed by atoms with Gasteiger partial charge in [0, 0.05) is 28.6 Å². The van der Waals surface area contributed by atoms with Crippen molar-refractivity contribution < 1.29 is 14.5 Å². The molecule has 5 rings (SSSR count). The molecule has 4 aromatic rings. The summed E-state index contributed by atoms with van der Waals surface area (Å²) in [6, 6.07) is 22.3. The number of hydrogen-bond donors (Lipinski definition) is 1. The molecule has 3 aromatic carbocycles. The van der Waals surface area contributed by atoms with Crippen molar-refractivity contribution >= 4 is 41.0 Å². The zero-order chi connectivity index (χ0) is 26.6. The Hall–Kier alpha value is -4.15. The van der Waals surface area contributed by atoms with Crippen LogP contribution in [0.15, 0.2) is 95.3 Å². The first-order chi connectivity index (χ1) is 18.4. The topological polar surface area (TPSA) is 112 Å². The van der Waals surface area contributed by atoms with E-state index in [0.29, 0.717) is 38.7 Å². The SMILES string of the molecule is CC1=C(C(=O)OCc2ccccc2)C(c2ccc([N+](=O)[O-])cc2)n2nc(SCc3ccccc3Cl)nc2N1. The van der Waals surface area contributed by atoms with Gasteiger partial charge in [-0.2, -0.15) is 4.98 Å². The molecule has 1 unspecified atom stereocenters. The number of aromatic nitrogens is 3. The summed E-state index contributed by atoms with van der Waals surface area (Å²) in [5, 5.41) is 20.2. The van der Waals surface area contributed by atoms with Crippen molar-refractivity contribution in [2.45, 2.75) is 30.5 Å². The van der Waals surface area contributed by atoms with Crippen LogP contribution in [-0.4, -0.2) is 25.7 Å². The van der Waals surface area contributed by atoms with Crippen LogP contribution in [0.3, 0.4) is 0 Å². The number of halogens is 1. The molecule has 0 amide bonds. The third-order valence-corrected chi connectivity index (χ3v) is 7.26. The van der Waals surface area contributed by atoms with Gasteiger partial charge in [0.1, 0.15) is 12.6 Å². The maximum Gasteiger partial charge on any atom is 0.338 e. The Balaban J connectivity index is 1.47. The highest BCUT2D eigenvalue weighted by atomic mass is 35.5. The molecule has 0 radical (unpaired) electrons. The minimum atomic E-state index is -0.697. The molecule has 0 bridgehead atoms. The van der Waals surface area contributed by atoms with Crippen molar-refractivity contribution in [2.24, 2.45) is 0 Å². The van der Waals surface area contributed by atoms with E-state index in [-0.39, 0.29) is 12.3 Å². The van der Waals surface area contributed by atoms with E-state index < -0.39 is 16.9 Å². The van der Waals surface area contributed by atoms with Gasteiger partial charge in [0.25, 0.3) is 5.69 Å². The minimum absolute atomic E-state index is 0.0496. The summed E-state index contributed by atoms with van der Waals surface area (Å²) in [4.78, 5) is 28.8. The lowest BCUT2D eigenvalue weighted by Gasteiger charge is -2.28. The fraction of sp³-hybridized carbons (Fsp3) is 0.148. The molecule has 0 saturated heterocycles. The van der Waals surface area contributed by atoms with Gasteiger partial charge in [-0.15, -0.1) is 5.10 Å². The summed E-state index contributed by atoms with van der Waals surface area (Å²) >= 11 is 7.71. The highest BCUT2D eigenvalue weighted by molar-refractivity contribution is 7.98. The Morgan fingerprint density at radius 3 is 2.53 bits per heavy atom. The average molecular weight is 548 g/mol. The van der Waals surface area contributed by atoms with E-state index in [4.69, 9.17) is 16.3 Å². The van der Waals surface area contributed by atoms with Crippen molar-refractivity contribution in [1.82, 2.24) is 14.8 Å². The van der Waals surface area contributed by atoms with E-state index in [1.54, 1.807) is 23.7 Å². The number of rotatable bonds is 8. The van der Waals surface area contributed by atoms with Crippen molar-refractivity contribution in [2.75, 3.05) is 5.32 Å². The number of benzene rings is 3. The van der Waals surface area contributed by atoms with Gasteiger partial charge in [-0.3, -0.25) is 10.1 Å². The van der Waals surface area contributed by atoms with Crippen LogP contribution in [0.2, 0.25) is 5.02 Å². The monoisotopic (exact) mass is 547 g/mol. The second-order valence-electron chi connectivity index (χ2n) is 8.52.